The third kappa shape index (κ3) is 7.27. The summed E-state index contributed by atoms with van der Waals surface area (Å²) in [6, 6.07) is 15.2. The van der Waals surface area contributed by atoms with Crippen LogP contribution in [0.15, 0.2) is 66.7 Å². The van der Waals surface area contributed by atoms with Gasteiger partial charge >= 0.3 is 12.4 Å². The first-order valence-electron chi connectivity index (χ1n) is 10.7. The van der Waals surface area contributed by atoms with Gasteiger partial charge in [0, 0.05) is 30.8 Å². The summed E-state index contributed by atoms with van der Waals surface area (Å²) in [7, 11) is 1.50. The number of hydrogen-bond acceptors (Lipinski definition) is 4. The predicted molar refractivity (Wildman–Crippen MR) is 118 cm³/mol. The first-order chi connectivity index (χ1) is 16.5. The number of nitrogens with zero attached hydrogens (tertiary/aromatic N) is 1. The van der Waals surface area contributed by atoms with Gasteiger partial charge in [0.05, 0.1) is 24.0 Å². The van der Waals surface area contributed by atoms with Crippen LogP contribution in [0.4, 0.5) is 26.3 Å². The number of pyridine rings is 1. The molecule has 2 N–H and O–H groups in total. The van der Waals surface area contributed by atoms with Crippen LogP contribution in [0.25, 0.3) is 11.3 Å². The van der Waals surface area contributed by atoms with Crippen molar-refractivity contribution in [2.75, 3.05) is 20.3 Å². The second-order valence-electron chi connectivity index (χ2n) is 7.97. The van der Waals surface area contributed by atoms with Crippen molar-refractivity contribution in [2.24, 2.45) is 0 Å². The molecule has 0 radical (unpaired) electrons. The Labute approximate surface area is 198 Å². The van der Waals surface area contributed by atoms with Crippen LogP contribution < -0.4 is 5.32 Å². The summed E-state index contributed by atoms with van der Waals surface area (Å²) in [5.74, 6) is 0. The number of halogens is 6. The summed E-state index contributed by atoms with van der Waals surface area (Å²) in [6.07, 6.45) is -10.4. The van der Waals surface area contributed by atoms with Crippen molar-refractivity contribution in [1.82, 2.24) is 10.3 Å². The van der Waals surface area contributed by atoms with Crippen molar-refractivity contribution in [3.8, 4) is 11.3 Å². The number of ether oxygens (including phenoxy) is 1. The Hall–Kier alpha value is -2.95. The summed E-state index contributed by atoms with van der Waals surface area (Å²) in [4.78, 5) is 3.64. The summed E-state index contributed by atoms with van der Waals surface area (Å²) in [5.41, 5.74) is -1.72. The Balaban J connectivity index is 1.80. The zero-order valence-corrected chi connectivity index (χ0v) is 18.7. The van der Waals surface area contributed by atoms with Gasteiger partial charge in [0.25, 0.3) is 0 Å². The quantitative estimate of drug-likeness (QED) is 0.374. The molecule has 2 aromatic carbocycles. The van der Waals surface area contributed by atoms with Gasteiger partial charge in [-0.25, -0.2) is 4.98 Å². The molecule has 188 valence electrons. The normalized spacial score (nSPS) is 14.1. The van der Waals surface area contributed by atoms with Crippen LogP contribution >= 0.6 is 0 Å². The van der Waals surface area contributed by atoms with Gasteiger partial charge in [0.1, 0.15) is 0 Å². The monoisotopic (exact) mass is 498 g/mol. The topological polar surface area (TPSA) is 54.4 Å². The SMILES string of the molecule is COCC(Cc1ccccc1)NC[C@@H](O)c1ccc(-c2ccc(C(F)(F)F)cc2)nc1C(F)(F)F. The minimum absolute atomic E-state index is 0.0886. The van der Waals surface area contributed by atoms with E-state index in [9.17, 15) is 31.4 Å². The lowest BCUT2D eigenvalue weighted by Crippen LogP contribution is -2.38. The lowest BCUT2D eigenvalue weighted by Gasteiger charge is -2.22. The Morgan fingerprint density at radius 1 is 0.886 bits per heavy atom. The van der Waals surface area contributed by atoms with E-state index in [0.717, 1.165) is 35.9 Å². The van der Waals surface area contributed by atoms with Gasteiger partial charge in [0.2, 0.25) is 0 Å². The maximum absolute atomic E-state index is 13.8. The van der Waals surface area contributed by atoms with Crippen molar-refractivity contribution in [3.05, 3.63) is 89.1 Å². The van der Waals surface area contributed by atoms with Gasteiger partial charge in [-0.15, -0.1) is 0 Å². The van der Waals surface area contributed by atoms with Crippen molar-refractivity contribution in [2.45, 2.75) is 30.9 Å². The minimum atomic E-state index is -4.88. The lowest BCUT2D eigenvalue weighted by atomic mass is 10.0. The summed E-state index contributed by atoms with van der Waals surface area (Å²) in [6.45, 7) is 0.0874. The van der Waals surface area contributed by atoms with E-state index in [1.54, 1.807) is 0 Å². The number of nitrogens with one attached hydrogen (secondary N) is 1. The molecule has 35 heavy (non-hydrogen) atoms. The third-order valence-electron chi connectivity index (χ3n) is 5.35. The van der Waals surface area contributed by atoms with E-state index in [-0.39, 0.29) is 30.5 Å². The lowest BCUT2D eigenvalue weighted by molar-refractivity contribution is -0.142. The van der Waals surface area contributed by atoms with Gasteiger partial charge in [-0.1, -0.05) is 48.5 Å². The van der Waals surface area contributed by atoms with Gasteiger partial charge in [-0.2, -0.15) is 26.3 Å². The van der Waals surface area contributed by atoms with Gasteiger partial charge < -0.3 is 15.2 Å². The van der Waals surface area contributed by atoms with Gasteiger partial charge in [0.15, 0.2) is 5.69 Å². The molecular weight excluding hydrogens is 474 g/mol. The van der Waals surface area contributed by atoms with E-state index in [0.29, 0.717) is 6.42 Å². The molecule has 0 aliphatic heterocycles. The van der Waals surface area contributed by atoms with Gasteiger partial charge in [-0.05, 0) is 30.2 Å². The number of aliphatic hydroxyl groups excluding tert-OH is 1. The maximum Gasteiger partial charge on any atom is 0.433 e. The molecule has 3 rings (SSSR count). The highest BCUT2D eigenvalue weighted by Gasteiger charge is 2.37. The molecule has 10 heteroatoms. The maximum atomic E-state index is 13.8. The molecule has 1 unspecified atom stereocenters. The highest BCUT2D eigenvalue weighted by molar-refractivity contribution is 5.60. The molecule has 1 heterocycles. The molecule has 4 nitrogen and oxygen atoms in total. The number of rotatable bonds is 9. The van der Waals surface area contributed by atoms with Crippen LogP contribution in [0.5, 0.6) is 0 Å². The average Bonchev–Trinajstić information content (AvgIpc) is 2.82. The van der Waals surface area contributed by atoms with Crippen LogP contribution in [0.1, 0.15) is 28.5 Å². The number of aliphatic hydroxyl groups is 1. The van der Waals surface area contributed by atoms with E-state index in [1.165, 1.54) is 13.2 Å². The molecule has 0 aliphatic rings. The standard InChI is InChI=1S/C25H24F6N2O2/c1-35-15-19(13-16-5-3-2-4-6-16)32-14-22(34)20-11-12-21(33-23(20)25(29,30)31)17-7-9-18(10-8-17)24(26,27)28/h2-12,19,22,32,34H,13-15H2,1H3/t19?,22-/m1/s1. The Morgan fingerprint density at radius 3 is 2.11 bits per heavy atom. The fourth-order valence-electron chi connectivity index (χ4n) is 3.63. The van der Waals surface area contributed by atoms with Crippen molar-refractivity contribution < 1.29 is 36.2 Å². The Bertz CT molecular complexity index is 1090. The van der Waals surface area contributed by atoms with Crippen LogP contribution in [0.3, 0.4) is 0 Å². The molecule has 2 atom stereocenters. The molecule has 0 aliphatic carbocycles. The molecule has 3 aromatic rings. The fourth-order valence-corrected chi connectivity index (χ4v) is 3.63. The zero-order valence-electron chi connectivity index (χ0n) is 18.7. The first kappa shape index (κ1) is 26.7. The fraction of sp³-hybridized carbons (Fsp3) is 0.320. The molecule has 0 amide bonds. The number of benzene rings is 2. The van der Waals surface area contributed by atoms with Crippen LogP contribution in [-0.4, -0.2) is 36.4 Å². The molecule has 0 bridgehead atoms. The number of alkyl halides is 6. The van der Waals surface area contributed by atoms with Gasteiger partial charge in [-0.3, -0.25) is 0 Å². The Morgan fingerprint density at radius 2 is 1.54 bits per heavy atom. The van der Waals surface area contributed by atoms with E-state index < -0.39 is 35.3 Å². The largest absolute Gasteiger partial charge is 0.433 e. The number of methoxy groups -OCH3 is 1. The smallest absolute Gasteiger partial charge is 0.387 e. The van der Waals surface area contributed by atoms with E-state index in [1.807, 2.05) is 30.3 Å². The second kappa shape index (κ2) is 11.2. The predicted octanol–water partition coefficient (Wildman–Crippen LogP) is 5.67. The molecule has 1 aromatic heterocycles. The molecule has 0 saturated carbocycles. The third-order valence-corrected chi connectivity index (χ3v) is 5.35. The minimum Gasteiger partial charge on any atom is -0.387 e. The van der Waals surface area contributed by atoms with Crippen molar-refractivity contribution in [3.63, 3.8) is 0 Å². The second-order valence-corrected chi connectivity index (χ2v) is 7.97. The number of aromatic nitrogens is 1. The first-order valence-corrected chi connectivity index (χ1v) is 10.7. The van der Waals surface area contributed by atoms with E-state index in [4.69, 9.17) is 4.74 Å². The van der Waals surface area contributed by atoms with Crippen molar-refractivity contribution in [1.29, 1.82) is 0 Å². The average molecular weight is 498 g/mol. The van der Waals surface area contributed by atoms with Crippen LogP contribution in [0.2, 0.25) is 0 Å². The molecular formula is C25H24F6N2O2. The summed E-state index contributed by atoms with van der Waals surface area (Å²) < 4.78 is 84.8. The van der Waals surface area contributed by atoms with E-state index in [2.05, 4.69) is 10.3 Å². The van der Waals surface area contributed by atoms with Crippen LogP contribution in [-0.2, 0) is 23.5 Å². The zero-order chi connectivity index (χ0) is 25.6. The molecule has 0 spiro atoms. The van der Waals surface area contributed by atoms with Crippen molar-refractivity contribution >= 4 is 0 Å². The summed E-state index contributed by atoms with van der Waals surface area (Å²) in [5, 5.41) is 13.6. The summed E-state index contributed by atoms with van der Waals surface area (Å²) >= 11 is 0. The highest BCUT2D eigenvalue weighted by Crippen LogP contribution is 2.36. The Kier molecular flexibility index (Phi) is 8.52. The van der Waals surface area contributed by atoms with Crippen LogP contribution in [0, 0.1) is 0 Å². The van der Waals surface area contributed by atoms with E-state index >= 15 is 0 Å². The molecule has 0 fully saturated rings. The highest BCUT2D eigenvalue weighted by atomic mass is 19.4. The molecule has 0 saturated heterocycles. The number of hydrogen-bond donors (Lipinski definition) is 2.